The molecule has 2 heterocycles. The molecule has 0 aliphatic carbocycles. The van der Waals surface area contributed by atoms with Crippen LogP contribution < -0.4 is 10.2 Å². The molecule has 7 nitrogen and oxygen atoms in total. The van der Waals surface area contributed by atoms with Gasteiger partial charge in [-0.3, -0.25) is 9.59 Å². The minimum Gasteiger partial charge on any atom is -0.325 e. The Morgan fingerprint density at radius 1 is 1.10 bits per heavy atom. The molecule has 0 radical (unpaired) electrons. The third-order valence-electron chi connectivity index (χ3n) is 5.96. The first-order valence-corrected chi connectivity index (χ1v) is 12.1. The molecule has 0 bridgehead atoms. The van der Waals surface area contributed by atoms with Crippen LogP contribution in [0.15, 0.2) is 53.4 Å². The number of benzene rings is 2. The minimum absolute atomic E-state index is 0.0189. The molecule has 4 rings (SSSR count). The standard InChI is InChI=1S/C23H27N3O4S/c1-17-7-5-6-14-26(17)31(29,30)20-11-12-21-18(15-20)10-13-23(28)25(21)16-22(27)24-19-8-3-2-4-9-19/h2-4,8-9,11-12,15,17H,5-7,10,13-14,16H2,1H3,(H,24,27). The zero-order chi connectivity index (χ0) is 22.0. The van der Waals surface area contributed by atoms with Crippen LogP contribution in [-0.2, 0) is 26.0 Å². The number of hydrogen-bond acceptors (Lipinski definition) is 4. The Kier molecular flexibility index (Phi) is 6.11. The highest BCUT2D eigenvalue weighted by molar-refractivity contribution is 7.89. The Morgan fingerprint density at radius 2 is 1.87 bits per heavy atom. The van der Waals surface area contributed by atoms with Crippen molar-refractivity contribution in [3.8, 4) is 0 Å². The van der Waals surface area contributed by atoms with Crippen molar-refractivity contribution in [2.75, 3.05) is 23.3 Å². The summed E-state index contributed by atoms with van der Waals surface area (Å²) >= 11 is 0. The summed E-state index contributed by atoms with van der Waals surface area (Å²) < 4.78 is 28.0. The summed E-state index contributed by atoms with van der Waals surface area (Å²) in [5, 5.41) is 2.79. The molecule has 0 saturated carbocycles. The van der Waals surface area contributed by atoms with Crippen molar-refractivity contribution in [1.82, 2.24) is 4.31 Å². The molecule has 0 aromatic heterocycles. The summed E-state index contributed by atoms with van der Waals surface area (Å²) in [6.07, 6.45) is 3.48. The first kappa shape index (κ1) is 21.5. The molecule has 2 aliphatic heterocycles. The Labute approximate surface area is 183 Å². The molecule has 0 spiro atoms. The number of para-hydroxylation sites is 1. The highest BCUT2D eigenvalue weighted by Gasteiger charge is 2.33. The Morgan fingerprint density at radius 3 is 2.61 bits per heavy atom. The van der Waals surface area contributed by atoms with Crippen molar-refractivity contribution in [2.45, 2.75) is 50.0 Å². The molecule has 2 aromatic carbocycles. The van der Waals surface area contributed by atoms with Crippen LogP contribution in [0.3, 0.4) is 0 Å². The maximum Gasteiger partial charge on any atom is 0.244 e. The van der Waals surface area contributed by atoms with Gasteiger partial charge in [-0.1, -0.05) is 24.6 Å². The first-order valence-electron chi connectivity index (χ1n) is 10.7. The minimum atomic E-state index is -3.59. The second kappa shape index (κ2) is 8.80. The van der Waals surface area contributed by atoms with Gasteiger partial charge in [0.1, 0.15) is 6.54 Å². The van der Waals surface area contributed by atoms with E-state index in [1.807, 2.05) is 25.1 Å². The molecule has 1 unspecified atom stereocenters. The van der Waals surface area contributed by atoms with Crippen molar-refractivity contribution < 1.29 is 18.0 Å². The van der Waals surface area contributed by atoms with E-state index in [1.54, 1.807) is 34.6 Å². The van der Waals surface area contributed by atoms with Crippen LogP contribution in [0.2, 0.25) is 0 Å². The lowest BCUT2D eigenvalue weighted by Gasteiger charge is -2.33. The maximum absolute atomic E-state index is 13.2. The number of nitrogens with one attached hydrogen (secondary N) is 1. The van der Waals surface area contributed by atoms with Crippen LogP contribution in [0.4, 0.5) is 11.4 Å². The van der Waals surface area contributed by atoms with Gasteiger partial charge in [-0.05, 0) is 62.1 Å². The van der Waals surface area contributed by atoms with E-state index in [4.69, 9.17) is 0 Å². The predicted octanol–water partition coefficient (Wildman–Crippen LogP) is 3.17. The van der Waals surface area contributed by atoms with Gasteiger partial charge in [0.05, 0.1) is 4.90 Å². The number of anilines is 2. The monoisotopic (exact) mass is 441 g/mol. The number of sulfonamides is 1. The number of hydrogen-bond donors (Lipinski definition) is 1. The van der Waals surface area contributed by atoms with Gasteiger partial charge in [-0.15, -0.1) is 0 Å². The number of fused-ring (bicyclic) bond motifs is 1. The fourth-order valence-corrected chi connectivity index (χ4v) is 6.05. The molecule has 8 heteroatoms. The van der Waals surface area contributed by atoms with Gasteiger partial charge >= 0.3 is 0 Å². The van der Waals surface area contributed by atoms with Crippen LogP contribution in [0.25, 0.3) is 0 Å². The number of carbonyl (C=O) groups excluding carboxylic acids is 2. The molecule has 1 atom stereocenters. The summed E-state index contributed by atoms with van der Waals surface area (Å²) in [5.41, 5.74) is 2.04. The smallest absolute Gasteiger partial charge is 0.244 e. The van der Waals surface area contributed by atoms with E-state index in [-0.39, 0.29) is 35.7 Å². The molecule has 2 aliphatic rings. The second-order valence-electron chi connectivity index (χ2n) is 8.15. The highest BCUT2D eigenvalue weighted by atomic mass is 32.2. The summed E-state index contributed by atoms with van der Waals surface area (Å²) in [6.45, 7) is 2.36. The molecule has 31 heavy (non-hydrogen) atoms. The third-order valence-corrected chi connectivity index (χ3v) is 7.97. The topological polar surface area (TPSA) is 86.8 Å². The fraction of sp³-hybridized carbons (Fsp3) is 0.391. The summed E-state index contributed by atoms with van der Waals surface area (Å²) in [7, 11) is -3.59. The number of nitrogens with zero attached hydrogens (tertiary/aromatic N) is 2. The van der Waals surface area contributed by atoms with Gasteiger partial charge in [-0.25, -0.2) is 8.42 Å². The zero-order valence-corrected chi connectivity index (χ0v) is 18.4. The van der Waals surface area contributed by atoms with Gasteiger partial charge in [0.2, 0.25) is 21.8 Å². The quantitative estimate of drug-likeness (QED) is 0.772. The molecule has 2 amide bonds. The normalized spacial score (nSPS) is 19.7. The summed E-state index contributed by atoms with van der Waals surface area (Å²) in [5.74, 6) is -0.442. The predicted molar refractivity (Wildman–Crippen MR) is 119 cm³/mol. The van der Waals surface area contributed by atoms with Gasteiger partial charge < -0.3 is 10.2 Å². The second-order valence-corrected chi connectivity index (χ2v) is 10.0. The van der Waals surface area contributed by atoms with Gasteiger partial charge in [0, 0.05) is 30.4 Å². The molecular formula is C23H27N3O4S. The van der Waals surface area contributed by atoms with Gasteiger partial charge in [0.15, 0.2) is 0 Å². The van der Waals surface area contributed by atoms with E-state index in [1.165, 1.54) is 4.90 Å². The van der Waals surface area contributed by atoms with Crippen LogP contribution in [0, 0.1) is 0 Å². The number of piperidine rings is 1. The van der Waals surface area contributed by atoms with E-state index >= 15 is 0 Å². The van der Waals surface area contributed by atoms with Crippen molar-refractivity contribution in [1.29, 1.82) is 0 Å². The van der Waals surface area contributed by atoms with E-state index in [0.717, 1.165) is 24.8 Å². The van der Waals surface area contributed by atoms with E-state index in [2.05, 4.69) is 5.32 Å². The molecule has 1 fully saturated rings. The molecule has 2 aromatic rings. The summed E-state index contributed by atoms with van der Waals surface area (Å²) in [4.78, 5) is 26.7. The number of carbonyl (C=O) groups is 2. The van der Waals surface area contributed by atoms with E-state index in [0.29, 0.717) is 24.3 Å². The average molecular weight is 442 g/mol. The molecule has 1 N–H and O–H groups in total. The van der Waals surface area contributed by atoms with Crippen molar-refractivity contribution in [3.05, 3.63) is 54.1 Å². The first-order chi connectivity index (χ1) is 14.9. The summed E-state index contributed by atoms with van der Waals surface area (Å²) in [6, 6.07) is 13.9. The van der Waals surface area contributed by atoms with Gasteiger partial charge in [-0.2, -0.15) is 4.31 Å². The van der Waals surface area contributed by atoms with Crippen molar-refractivity contribution in [3.63, 3.8) is 0 Å². The Balaban J connectivity index is 1.56. The molecule has 1 saturated heterocycles. The lowest BCUT2D eigenvalue weighted by atomic mass is 10.0. The van der Waals surface area contributed by atoms with Crippen LogP contribution >= 0.6 is 0 Å². The third kappa shape index (κ3) is 4.50. The Hall–Kier alpha value is -2.71. The van der Waals surface area contributed by atoms with E-state index < -0.39 is 10.0 Å². The van der Waals surface area contributed by atoms with Crippen molar-refractivity contribution >= 4 is 33.2 Å². The van der Waals surface area contributed by atoms with Crippen LogP contribution in [0.5, 0.6) is 0 Å². The van der Waals surface area contributed by atoms with Gasteiger partial charge in [0.25, 0.3) is 0 Å². The van der Waals surface area contributed by atoms with Crippen molar-refractivity contribution in [2.24, 2.45) is 0 Å². The van der Waals surface area contributed by atoms with E-state index in [9.17, 15) is 18.0 Å². The maximum atomic E-state index is 13.2. The lowest BCUT2D eigenvalue weighted by Crippen LogP contribution is -2.42. The largest absolute Gasteiger partial charge is 0.325 e. The Bertz CT molecular complexity index is 1090. The molecule has 164 valence electrons. The SMILES string of the molecule is CC1CCCCN1S(=O)(=O)c1ccc2c(c1)CCC(=O)N2CC(=O)Nc1ccccc1. The zero-order valence-electron chi connectivity index (χ0n) is 17.6. The number of aryl methyl sites for hydroxylation is 1. The highest BCUT2D eigenvalue weighted by Crippen LogP contribution is 2.32. The molecular weight excluding hydrogens is 414 g/mol. The lowest BCUT2D eigenvalue weighted by molar-refractivity contribution is -0.121. The number of rotatable bonds is 5. The number of amides is 2. The van der Waals surface area contributed by atoms with Crippen LogP contribution in [-0.4, -0.2) is 43.7 Å². The average Bonchev–Trinajstić information content (AvgIpc) is 2.76. The van der Waals surface area contributed by atoms with Crippen LogP contribution in [0.1, 0.15) is 38.2 Å². The fourth-order valence-electron chi connectivity index (χ4n) is 4.30.